The minimum absolute atomic E-state index is 0.952. The van der Waals surface area contributed by atoms with Gasteiger partial charge < -0.3 is 0 Å². The van der Waals surface area contributed by atoms with E-state index < -0.39 is 0 Å². The molecule has 0 aromatic rings. The lowest BCUT2D eigenvalue weighted by Gasteiger charge is -1.91. The lowest BCUT2D eigenvalue weighted by Crippen LogP contribution is -1.71. The van der Waals surface area contributed by atoms with Gasteiger partial charge in [0.25, 0.3) is 0 Å². The minimum atomic E-state index is 0.952. The number of rotatable bonds is 3. The summed E-state index contributed by atoms with van der Waals surface area (Å²) in [4.78, 5) is 3.84. The predicted molar refractivity (Wildman–Crippen MR) is 47.4 cm³/mol. The zero-order valence-corrected chi connectivity index (χ0v) is 7.02. The van der Waals surface area contributed by atoms with Crippen LogP contribution in [0.3, 0.4) is 0 Å². The second-order valence-corrected chi connectivity index (χ2v) is 2.41. The van der Waals surface area contributed by atoms with Gasteiger partial charge in [-0.15, -0.1) is 0 Å². The van der Waals surface area contributed by atoms with Crippen LogP contribution in [0.5, 0.6) is 0 Å². The molecule has 0 amide bonds. The Morgan fingerprint density at radius 2 is 2.00 bits per heavy atom. The first-order valence-corrected chi connectivity index (χ1v) is 3.51. The summed E-state index contributed by atoms with van der Waals surface area (Å²) in [7, 11) is 0. The van der Waals surface area contributed by atoms with Gasteiger partial charge in [0.15, 0.2) is 0 Å². The van der Waals surface area contributed by atoms with E-state index in [-0.39, 0.29) is 0 Å². The van der Waals surface area contributed by atoms with E-state index in [4.69, 9.17) is 0 Å². The molecule has 0 unspecified atom stereocenters. The molecule has 0 saturated carbocycles. The maximum absolute atomic E-state index is 3.84. The minimum Gasteiger partial charge on any atom is -0.269 e. The number of hydrogen-bond acceptors (Lipinski definition) is 1. The van der Waals surface area contributed by atoms with Crippen molar-refractivity contribution < 1.29 is 0 Å². The Morgan fingerprint density at radius 3 is 2.30 bits per heavy atom. The molecule has 0 fully saturated rings. The van der Waals surface area contributed by atoms with Crippen LogP contribution in [0.15, 0.2) is 28.4 Å². The molecule has 0 radical (unpaired) electrons. The molecule has 0 N–H and O–H groups in total. The first-order chi connectivity index (χ1) is 4.70. The number of allylic oxidation sites excluding steroid dienone is 4. The van der Waals surface area contributed by atoms with Crippen molar-refractivity contribution in [3.05, 3.63) is 23.4 Å². The number of aliphatic imine (C=N–C) groups is 1. The van der Waals surface area contributed by atoms with Crippen LogP contribution < -0.4 is 0 Å². The third kappa shape index (κ3) is 4.07. The van der Waals surface area contributed by atoms with Gasteiger partial charge in [0.2, 0.25) is 0 Å². The molecule has 0 aromatic carbocycles. The van der Waals surface area contributed by atoms with Gasteiger partial charge in [-0.2, -0.15) is 0 Å². The highest BCUT2D eigenvalue weighted by Crippen LogP contribution is 2.02. The lowest BCUT2D eigenvalue weighted by molar-refractivity contribution is 1.07. The Balaban J connectivity index is 4.12. The Labute approximate surface area is 63.2 Å². The van der Waals surface area contributed by atoms with Gasteiger partial charge in [0.1, 0.15) is 0 Å². The smallest absolute Gasteiger partial charge is 0.0393 e. The zero-order valence-electron chi connectivity index (χ0n) is 7.02. The van der Waals surface area contributed by atoms with E-state index in [1.807, 2.05) is 12.2 Å². The zero-order chi connectivity index (χ0) is 7.98. The monoisotopic (exact) mass is 137 g/mol. The first-order valence-electron chi connectivity index (χ1n) is 3.51. The van der Waals surface area contributed by atoms with E-state index in [1.54, 1.807) is 0 Å². The number of nitrogens with zero attached hydrogens (tertiary/aromatic N) is 1. The molecule has 0 aromatic heterocycles. The normalized spacial score (nSPS) is 10.9. The highest BCUT2D eigenvalue weighted by Gasteiger charge is 1.83. The molecule has 0 heterocycles. The largest absolute Gasteiger partial charge is 0.269 e. The SMILES string of the molecule is C=N/C(=C/C=C(C)C)CC. The molecule has 0 aliphatic carbocycles. The standard InChI is InChI=1S/C9H15N/c1-5-9(10-4)7-6-8(2)3/h6-7H,4-5H2,1-3H3/b9-7+. The van der Waals surface area contributed by atoms with Crippen LogP contribution in [0.25, 0.3) is 0 Å². The van der Waals surface area contributed by atoms with Crippen LogP contribution in [0.4, 0.5) is 0 Å². The van der Waals surface area contributed by atoms with Crippen LogP contribution in [0, 0.1) is 0 Å². The van der Waals surface area contributed by atoms with Crippen molar-refractivity contribution in [2.45, 2.75) is 27.2 Å². The number of hydrogen-bond donors (Lipinski definition) is 0. The van der Waals surface area contributed by atoms with E-state index in [2.05, 4.69) is 32.5 Å². The maximum Gasteiger partial charge on any atom is 0.0393 e. The molecule has 0 aliphatic rings. The van der Waals surface area contributed by atoms with Gasteiger partial charge in [-0.05, 0) is 33.1 Å². The van der Waals surface area contributed by atoms with Crippen molar-refractivity contribution in [2.75, 3.05) is 0 Å². The summed E-state index contributed by atoms with van der Waals surface area (Å²) in [6.07, 6.45) is 5.00. The molecule has 0 saturated heterocycles. The van der Waals surface area contributed by atoms with Crippen LogP contribution in [0.2, 0.25) is 0 Å². The van der Waals surface area contributed by atoms with Crippen LogP contribution in [-0.4, -0.2) is 6.72 Å². The summed E-state index contributed by atoms with van der Waals surface area (Å²) in [5, 5.41) is 0. The third-order valence-corrected chi connectivity index (χ3v) is 1.17. The van der Waals surface area contributed by atoms with Gasteiger partial charge in [-0.1, -0.05) is 18.6 Å². The van der Waals surface area contributed by atoms with E-state index in [9.17, 15) is 0 Å². The van der Waals surface area contributed by atoms with Crippen LogP contribution in [-0.2, 0) is 0 Å². The summed E-state index contributed by atoms with van der Waals surface area (Å²) in [5.74, 6) is 0. The van der Waals surface area contributed by atoms with E-state index in [1.165, 1.54) is 5.57 Å². The van der Waals surface area contributed by atoms with E-state index in [0.29, 0.717) is 0 Å². The third-order valence-electron chi connectivity index (χ3n) is 1.17. The van der Waals surface area contributed by atoms with Crippen molar-refractivity contribution in [2.24, 2.45) is 4.99 Å². The molecular formula is C9H15N. The molecule has 0 bridgehead atoms. The quantitative estimate of drug-likeness (QED) is 0.419. The molecule has 0 spiro atoms. The second-order valence-electron chi connectivity index (χ2n) is 2.41. The average molecular weight is 137 g/mol. The first kappa shape index (κ1) is 9.15. The van der Waals surface area contributed by atoms with Crippen molar-refractivity contribution in [3.8, 4) is 0 Å². The molecule has 1 heteroatoms. The van der Waals surface area contributed by atoms with Crippen molar-refractivity contribution in [3.63, 3.8) is 0 Å². The van der Waals surface area contributed by atoms with Crippen LogP contribution >= 0.6 is 0 Å². The second kappa shape index (κ2) is 4.98. The summed E-state index contributed by atoms with van der Waals surface area (Å²) < 4.78 is 0. The highest BCUT2D eigenvalue weighted by molar-refractivity contribution is 5.30. The lowest BCUT2D eigenvalue weighted by atomic mass is 10.2. The van der Waals surface area contributed by atoms with Crippen molar-refractivity contribution in [1.29, 1.82) is 0 Å². The Morgan fingerprint density at radius 1 is 1.40 bits per heavy atom. The Hall–Kier alpha value is -0.850. The van der Waals surface area contributed by atoms with Gasteiger partial charge in [0.05, 0.1) is 0 Å². The predicted octanol–water partition coefficient (Wildman–Crippen LogP) is 2.95. The maximum atomic E-state index is 3.84. The summed E-state index contributed by atoms with van der Waals surface area (Å²) >= 11 is 0. The van der Waals surface area contributed by atoms with Gasteiger partial charge in [-0.3, -0.25) is 4.99 Å². The fraction of sp³-hybridized carbons (Fsp3) is 0.444. The molecule has 56 valence electrons. The van der Waals surface area contributed by atoms with Crippen LogP contribution in [0.1, 0.15) is 27.2 Å². The van der Waals surface area contributed by atoms with Gasteiger partial charge in [-0.25, -0.2) is 0 Å². The average Bonchev–Trinajstić information content (AvgIpc) is 1.90. The van der Waals surface area contributed by atoms with E-state index in [0.717, 1.165) is 12.1 Å². The fourth-order valence-electron chi connectivity index (χ4n) is 0.545. The fourth-order valence-corrected chi connectivity index (χ4v) is 0.545. The van der Waals surface area contributed by atoms with Crippen molar-refractivity contribution >= 4 is 6.72 Å². The molecule has 0 rings (SSSR count). The van der Waals surface area contributed by atoms with Crippen molar-refractivity contribution in [1.82, 2.24) is 0 Å². The molecule has 0 atom stereocenters. The van der Waals surface area contributed by atoms with E-state index >= 15 is 0 Å². The summed E-state index contributed by atoms with van der Waals surface area (Å²) in [6.45, 7) is 9.66. The molecule has 0 aliphatic heterocycles. The molecule has 1 nitrogen and oxygen atoms in total. The highest BCUT2D eigenvalue weighted by atomic mass is 14.7. The van der Waals surface area contributed by atoms with Gasteiger partial charge >= 0.3 is 0 Å². The van der Waals surface area contributed by atoms with Gasteiger partial charge in [0, 0.05) is 5.70 Å². The summed E-state index contributed by atoms with van der Waals surface area (Å²) in [5.41, 5.74) is 2.33. The Kier molecular flexibility index (Phi) is 4.55. The molecule has 10 heavy (non-hydrogen) atoms. The molecular weight excluding hydrogens is 122 g/mol. The topological polar surface area (TPSA) is 12.4 Å². The summed E-state index contributed by atoms with van der Waals surface area (Å²) in [6, 6.07) is 0. The Bertz CT molecular complexity index is 160.